The summed E-state index contributed by atoms with van der Waals surface area (Å²) in [5, 5.41) is 30.6. The average Bonchev–Trinajstić information content (AvgIpc) is 2.91. The van der Waals surface area contributed by atoms with Crippen LogP contribution < -0.4 is 11.1 Å². The van der Waals surface area contributed by atoms with Crippen molar-refractivity contribution in [3.05, 3.63) is 99.0 Å². The fourth-order valence-electron chi connectivity index (χ4n) is 4.12. The molecule has 1 aliphatic carbocycles. The van der Waals surface area contributed by atoms with E-state index in [0.717, 1.165) is 36.0 Å². The van der Waals surface area contributed by atoms with Gasteiger partial charge in [-0.3, -0.25) is 9.59 Å². The van der Waals surface area contributed by atoms with Crippen LogP contribution in [0.3, 0.4) is 0 Å². The lowest BCUT2D eigenvalue weighted by Crippen LogP contribution is -2.35. The van der Waals surface area contributed by atoms with Crippen molar-refractivity contribution in [3.8, 4) is 5.75 Å². The molecule has 2 aliphatic rings. The van der Waals surface area contributed by atoms with Gasteiger partial charge in [-0.25, -0.2) is 0 Å². The van der Waals surface area contributed by atoms with Crippen LogP contribution in [-0.4, -0.2) is 33.7 Å². The molecule has 0 spiro atoms. The average molecular weight is 562 g/mol. The second-order valence-corrected chi connectivity index (χ2v) is 9.61. The van der Waals surface area contributed by atoms with Gasteiger partial charge in [-0.2, -0.15) is 0 Å². The van der Waals surface area contributed by atoms with Crippen LogP contribution in [-0.2, 0) is 17.8 Å². The molecule has 1 atom stereocenters. The van der Waals surface area contributed by atoms with E-state index in [-0.39, 0.29) is 36.8 Å². The number of fused-ring (bicyclic) bond motifs is 1. The summed E-state index contributed by atoms with van der Waals surface area (Å²) in [6.07, 6.45) is 6.91. The molecular formula is C29H34Cl2N2O5. The molecule has 3 aromatic rings. The summed E-state index contributed by atoms with van der Waals surface area (Å²) in [6, 6.07) is 19.6. The highest BCUT2D eigenvalue weighted by molar-refractivity contribution is 6.35. The highest BCUT2D eigenvalue weighted by Gasteiger charge is 2.26. The first-order valence-electron chi connectivity index (χ1n) is 12.4. The van der Waals surface area contributed by atoms with E-state index in [4.69, 9.17) is 43.3 Å². The maximum Gasteiger partial charge on any atom is 0.252 e. The predicted octanol–water partition coefficient (Wildman–Crippen LogP) is 5.32. The fourth-order valence-corrected chi connectivity index (χ4v) is 4.66. The van der Waals surface area contributed by atoms with E-state index < -0.39 is 0 Å². The number of carbonyl (C=O) groups excluding carboxylic acids is 2. The second-order valence-electron chi connectivity index (χ2n) is 8.77. The number of aromatic hydroxyl groups is 1. The van der Waals surface area contributed by atoms with Crippen LogP contribution in [0.15, 0.2) is 66.7 Å². The monoisotopic (exact) mass is 560 g/mol. The molecule has 204 valence electrons. The summed E-state index contributed by atoms with van der Waals surface area (Å²) in [5.74, 6) is 0.0952. The zero-order valence-electron chi connectivity index (χ0n) is 21.0. The van der Waals surface area contributed by atoms with Crippen molar-refractivity contribution in [2.45, 2.75) is 57.3 Å². The summed E-state index contributed by atoms with van der Waals surface area (Å²) in [5.41, 5.74) is 7.41. The van der Waals surface area contributed by atoms with E-state index in [0.29, 0.717) is 15.6 Å². The van der Waals surface area contributed by atoms with Gasteiger partial charge in [0.25, 0.3) is 5.91 Å². The summed E-state index contributed by atoms with van der Waals surface area (Å²) in [4.78, 5) is 20.7. The molecule has 1 heterocycles. The molecule has 1 aliphatic heterocycles. The molecule has 0 saturated heterocycles. The highest BCUT2D eigenvalue weighted by Crippen LogP contribution is 2.31. The first kappa shape index (κ1) is 31.1. The third kappa shape index (κ3) is 9.99. The molecule has 5 rings (SSSR count). The molecule has 0 radical (unpaired) electrons. The lowest BCUT2D eigenvalue weighted by molar-refractivity contribution is -0.106. The third-order valence-electron chi connectivity index (χ3n) is 6.07. The molecule has 38 heavy (non-hydrogen) atoms. The van der Waals surface area contributed by atoms with Gasteiger partial charge in [0.1, 0.15) is 5.75 Å². The molecule has 0 bridgehead atoms. The Balaban J connectivity index is 0.000000221. The number of rotatable bonds is 2. The van der Waals surface area contributed by atoms with Crippen molar-refractivity contribution in [2.24, 2.45) is 5.73 Å². The minimum Gasteiger partial charge on any atom is -0.508 e. The van der Waals surface area contributed by atoms with Gasteiger partial charge < -0.3 is 26.4 Å². The molecule has 1 saturated carbocycles. The number of hydrogen-bond donors (Lipinski definition) is 5. The fraction of sp³-hybridized carbons (Fsp3) is 0.310. The van der Waals surface area contributed by atoms with E-state index >= 15 is 0 Å². The minimum atomic E-state index is -0.104. The number of hydrogen-bond acceptors (Lipinski definition) is 5. The second kappa shape index (κ2) is 16.7. The summed E-state index contributed by atoms with van der Waals surface area (Å²) in [7, 11) is 0. The van der Waals surface area contributed by atoms with Crippen LogP contribution in [0, 0.1) is 0 Å². The molecular weight excluding hydrogens is 527 g/mol. The lowest BCUT2D eigenvalue weighted by atomic mass is 9.91. The van der Waals surface area contributed by atoms with Gasteiger partial charge in [-0.15, -0.1) is 0 Å². The Morgan fingerprint density at radius 3 is 2.16 bits per heavy atom. The summed E-state index contributed by atoms with van der Waals surface area (Å²) < 4.78 is 0. The maximum atomic E-state index is 12.1. The Bertz CT molecular complexity index is 1170. The van der Waals surface area contributed by atoms with Gasteiger partial charge in [-0.1, -0.05) is 84.9 Å². The quantitative estimate of drug-likeness (QED) is 0.270. The highest BCUT2D eigenvalue weighted by atomic mass is 35.5. The Morgan fingerprint density at radius 2 is 1.61 bits per heavy atom. The van der Waals surface area contributed by atoms with E-state index in [2.05, 4.69) is 11.1 Å². The standard InChI is InChI=1S/C15H11Cl2NO.C7H8O2.C6H12O.CH3NO/c16-10-5-6-12(13(17)8-10)14-7-9-3-1-2-4-11(9)15(19)18-14;8-5-6-3-1-2-4-7(6)9;7-6-4-2-1-3-5-6;2-1-3/h1-6,8,14H,7H2,(H,18,19);1-4,8-9H,5H2;6-7H,1-5H2;1H,(H2,2,3). The van der Waals surface area contributed by atoms with Crippen molar-refractivity contribution < 1.29 is 24.9 Å². The van der Waals surface area contributed by atoms with Gasteiger partial charge >= 0.3 is 0 Å². The van der Waals surface area contributed by atoms with Crippen molar-refractivity contribution in [3.63, 3.8) is 0 Å². The van der Waals surface area contributed by atoms with Crippen LogP contribution in [0.4, 0.5) is 0 Å². The lowest BCUT2D eigenvalue weighted by Gasteiger charge is -2.26. The number of amides is 2. The Morgan fingerprint density at radius 1 is 0.974 bits per heavy atom. The SMILES string of the molecule is NC=O.O=C1NC(c2ccc(Cl)cc2Cl)Cc2ccccc21.OC1CCCCC1.OCc1ccccc1O. The normalized spacial score (nSPS) is 16.1. The van der Waals surface area contributed by atoms with E-state index in [1.54, 1.807) is 36.4 Å². The number of benzene rings is 3. The van der Waals surface area contributed by atoms with Crippen molar-refractivity contribution in [2.75, 3.05) is 0 Å². The number of aliphatic hydroxyl groups is 2. The Labute approximate surface area is 233 Å². The number of aliphatic hydroxyl groups excluding tert-OH is 2. The van der Waals surface area contributed by atoms with Gasteiger partial charge in [0, 0.05) is 21.2 Å². The van der Waals surface area contributed by atoms with Crippen LogP contribution in [0.1, 0.15) is 65.2 Å². The molecule has 0 aromatic heterocycles. The van der Waals surface area contributed by atoms with Crippen LogP contribution in [0.2, 0.25) is 10.0 Å². The predicted molar refractivity (Wildman–Crippen MR) is 150 cm³/mol. The van der Waals surface area contributed by atoms with Gasteiger partial charge in [0.2, 0.25) is 6.41 Å². The Hall–Kier alpha value is -3.10. The first-order chi connectivity index (χ1) is 18.3. The molecule has 1 fully saturated rings. The number of halogens is 2. The maximum absolute atomic E-state index is 12.1. The summed E-state index contributed by atoms with van der Waals surface area (Å²) in [6.45, 7) is -0.104. The molecule has 3 aromatic carbocycles. The summed E-state index contributed by atoms with van der Waals surface area (Å²) >= 11 is 12.1. The van der Waals surface area contributed by atoms with Crippen LogP contribution in [0.5, 0.6) is 5.75 Å². The van der Waals surface area contributed by atoms with Crippen molar-refractivity contribution in [1.82, 2.24) is 5.32 Å². The van der Waals surface area contributed by atoms with Gasteiger partial charge in [0.15, 0.2) is 0 Å². The van der Waals surface area contributed by atoms with E-state index in [9.17, 15) is 4.79 Å². The van der Waals surface area contributed by atoms with Crippen LogP contribution in [0.25, 0.3) is 0 Å². The van der Waals surface area contributed by atoms with Crippen LogP contribution >= 0.6 is 23.2 Å². The molecule has 1 unspecified atom stereocenters. The number of primary amides is 1. The van der Waals surface area contributed by atoms with Crippen molar-refractivity contribution in [1.29, 1.82) is 0 Å². The molecule has 6 N–H and O–H groups in total. The zero-order valence-corrected chi connectivity index (χ0v) is 22.5. The van der Waals surface area contributed by atoms with Gasteiger partial charge in [0.05, 0.1) is 18.8 Å². The number of phenols is 1. The number of nitrogens with one attached hydrogen (secondary N) is 1. The molecule has 2 amide bonds. The number of carbonyl (C=O) groups is 2. The molecule has 9 heteroatoms. The Kier molecular flexibility index (Phi) is 13.7. The topological polar surface area (TPSA) is 133 Å². The minimum absolute atomic E-state index is 0.0359. The smallest absolute Gasteiger partial charge is 0.252 e. The first-order valence-corrected chi connectivity index (χ1v) is 13.1. The van der Waals surface area contributed by atoms with E-state index in [1.165, 1.54) is 19.3 Å². The number of para-hydroxylation sites is 1. The zero-order chi connectivity index (χ0) is 27.9. The largest absolute Gasteiger partial charge is 0.508 e. The van der Waals surface area contributed by atoms with E-state index in [1.807, 2.05) is 30.3 Å². The third-order valence-corrected chi connectivity index (χ3v) is 6.63. The van der Waals surface area contributed by atoms with Crippen molar-refractivity contribution >= 4 is 35.5 Å². The molecule has 7 nitrogen and oxygen atoms in total. The van der Waals surface area contributed by atoms with Gasteiger partial charge in [-0.05, 0) is 54.7 Å². The number of nitrogens with two attached hydrogens (primary N) is 1.